The van der Waals surface area contributed by atoms with Crippen molar-refractivity contribution in [3.63, 3.8) is 0 Å². The minimum absolute atomic E-state index is 0.0550. The summed E-state index contributed by atoms with van der Waals surface area (Å²) >= 11 is 0. The van der Waals surface area contributed by atoms with Gasteiger partial charge in [0.05, 0.1) is 6.54 Å². The van der Waals surface area contributed by atoms with Gasteiger partial charge in [-0.25, -0.2) is 0 Å². The molecule has 2 fully saturated rings. The van der Waals surface area contributed by atoms with Crippen LogP contribution in [0, 0.1) is 5.92 Å². The van der Waals surface area contributed by atoms with Crippen LogP contribution in [0.25, 0.3) is 0 Å². The highest BCUT2D eigenvalue weighted by Gasteiger charge is 2.32. The summed E-state index contributed by atoms with van der Waals surface area (Å²) in [6.45, 7) is 11.2. The number of amides is 4. The predicted molar refractivity (Wildman–Crippen MR) is 178 cm³/mol. The first-order valence-electron chi connectivity index (χ1n) is 16.7. The van der Waals surface area contributed by atoms with Crippen molar-refractivity contribution in [1.29, 1.82) is 0 Å². The van der Waals surface area contributed by atoms with E-state index >= 15 is 0 Å². The Kier molecular flexibility index (Phi) is 12.9. The molecule has 1 aromatic carbocycles. The van der Waals surface area contributed by atoms with E-state index in [-0.39, 0.29) is 29.5 Å². The minimum atomic E-state index is -0.651. The molecule has 2 aliphatic rings. The topological polar surface area (TPSA) is 129 Å². The number of aromatic nitrogens is 2. The first-order chi connectivity index (χ1) is 22.1. The number of hydrogen-bond donors (Lipinski definition) is 3. The molecular formula is C35H51N7O4. The summed E-state index contributed by atoms with van der Waals surface area (Å²) in [6, 6.07) is 8.14. The van der Waals surface area contributed by atoms with E-state index in [0.717, 1.165) is 68.3 Å². The maximum Gasteiger partial charge on any atom is 0.270 e. The Bertz CT molecular complexity index is 1340. The summed E-state index contributed by atoms with van der Waals surface area (Å²) in [4.78, 5) is 56.6. The normalized spacial score (nSPS) is 17.4. The van der Waals surface area contributed by atoms with Crippen molar-refractivity contribution in [2.75, 3.05) is 33.2 Å². The zero-order valence-corrected chi connectivity index (χ0v) is 27.7. The van der Waals surface area contributed by atoms with E-state index in [1.54, 1.807) is 23.9 Å². The zero-order valence-electron chi connectivity index (χ0n) is 27.7. The number of carbonyl (C=O) groups excluding carboxylic acids is 4. The molecule has 1 aliphatic carbocycles. The van der Waals surface area contributed by atoms with Crippen LogP contribution in [0.1, 0.15) is 80.4 Å². The van der Waals surface area contributed by atoms with Gasteiger partial charge in [0, 0.05) is 51.8 Å². The summed E-state index contributed by atoms with van der Waals surface area (Å²) in [5, 5.41) is 13.3. The van der Waals surface area contributed by atoms with Crippen LogP contribution < -0.4 is 16.0 Å². The third kappa shape index (κ3) is 10.0. The number of piperazine rings is 1. The maximum absolute atomic E-state index is 13.6. The molecule has 250 valence electrons. The van der Waals surface area contributed by atoms with Gasteiger partial charge in [-0.15, -0.1) is 0 Å². The van der Waals surface area contributed by atoms with Crippen LogP contribution in [0.15, 0.2) is 48.7 Å². The van der Waals surface area contributed by atoms with Crippen molar-refractivity contribution in [3.05, 3.63) is 65.5 Å². The van der Waals surface area contributed by atoms with Gasteiger partial charge in [-0.05, 0) is 49.9 Å². The largest absolute Gasteiger partial charge is 0.350 e. The fourth-order valence-electron chi connectivity index (χ4n) is 6.24. The third-order valence-electron chi connectivity index (χ3n) is 9.01. The molecular weight excluding hydrogens is 582 g/mol. The average molecular weight is 634 g/mol. The summed E-state index contributed by atoms with van der Waals surface area (Å²) in [5.41, 5.74) is 3.12. The first-order valence-corrected chi connectivity index (χ1v) is 16.7. The summed E-state index contributed by atoms with van der Waals surface area (Å²) in [5.74, 6) is -0.666. The molecule has 1 aliphatic heterocycles. The Labute approximate surface area is 273 Å². The zero-order chi connectivity index (χ0) is 33.1. The van der Waals surface area contributed by atoms with Crippen LogP contribution in [0.5, 0.6) is 0 Å². The molecule has 0 spiro atoms. The van der Waals surface area contributed by atoms with Gasteiger partial charge in [-0.1, -0.05) is 69.0 Å². The average Bonchev–Trinajstić information content (AvgIpc) is 3.33. The molecule has 0 unspecified atom stereocenters. The van der Waals surface area contributed by atoms with Crippen molar-refractivity contribution in [1.82, 2.24) is 35.5 Å². The lowest BCUT2D eigenvalue weighted by Gasteiger charge is -2.34. The molecule has 1 saturated heterocycles. The molecule has 2 aromatic rings. The van der Waals surface area contributed by atoms with Crippen LogP contribution in [0.2, 0.25) is 0 Å². The van der Waals surface area contributed by atoms with Crippen molar-refractivity contribution >= 4 is 23.6 Å². The van der Waals surface area contributed by atoms with Crippen molar-refractivity contribution in [3.8, 4) is 0 Å². The van der Waals surface area contributed by atoms with Gasteiger partial charge in [0.1, 0.15) is 17.8 Å². The quantitative estimate of drug-likeness (QED) is 0.230. The van der Waals surface area contributed by atoms with E-state index in [4.69, 9.17) is 0 Å². The summed E-state index contributed by atoms with van der Waals surface area (Å²) in [6.07, 6.45) is 8.42. The number of likely N-dealkylation sites (N-methyl/N-ethyl adjacent to an activating group) is 1. The van der Waals surface area contributed by atoms with Crippen LogP contribution in [0.3, 0.4) is 0 Å². The van der Waals surface area contributed by atoms with Crippen LogP contribution >= 0.6 is 0 Å². The van der Waals surface area contributed by atoms with E-state index in [2.05, 4.69) is 32.5 Å². The number of allylic oxidation sites excluding steroid dienone is 1. The van der Waals surface area contributed by atoms with E-state index in [0.29, 0.717) is 44.7 Å². The number of carbonyl (C=O) groups is 4. The second kappa shape index (κ2) is 17.1. The SMILES string of the molecule is C=C(C)Cn1nccc1C(=O)N[C@H](C(=O)NCc1ccc(C[C@@H](NC(=O)CC)C(=O)N2CCN(C)CC2)cc1)C1CCCCCC1. The summed E-state index contributed by atoms with van der Waals surface area (Å²) in [7, 11) is 2.04. The molecule has 4 amide bonds. The number of benzene rings is 1. The van der Waals surface area contributed by atoms with E-state index in [1.165, 1.54) is 0 Å². The second-order valence-electron chi connectivity index (χ2n) is 12.9. The van der Waals surface area contributed by atoms with Crippen LogP contribution in [-0.2, 0) is 33.9 Å². The molecule has 2 atom stereocenters. The molecule has 1 aromatic heterocycles. The molecule has 4 rings (SSSR count). The van der Waals surface area contributed by atoms with Crippen LogP contribution in [-0.4, -0.2) is 88.5 Å². The molecule has 3 N–H and O–H groups in total. The highest BCUT2D eigenvalue weighted by atomic mass is 16.2. The standard InChI is InChI=1S/C35H51N7O4/c1-5-31(43)38-29(35(46)41-20-18-40(4)19-21-41)22-26-12-14-27(15-13-26)23-36-34(45)32(28-10-8-6-7-9-11-28)39-33(44)30-16-17-37-42(30)24-25(2)3/h12-17,28-29,32H,2,5-11,18-24H2,1,3-4H3,(H,36,45)(H,38,43)(H,39,44)/t29-,32+/m1/s1. The van der Waals surface area contributed by atoms with Gasteiger partial charge in [0.2, 0.25) is 17.7 Å². The van der Waals surface area contributed by atoms with Gasteiger partial charge < -0.3 is 25.8 Å². The minimum Gasteiger partial charge on any atom is -0.350 e. The van der Waals surface area contributed by atoms with Gasteiger partial charge in [-0.2, -0.15) is 5.10 Å². The van der Waals surface area contributed by atoms with Crippen molar-refractivity contribution in [2.45, 2.75) is 90.4 Å². The van der Waals surface area contributed by atoms with Gasteiger partial charge in [0.25, 0.3) is 5.91 Å². The van der Waals surface area contributed by atoms with Crippen molar-refractivity contribution in [2.24, 2.45) is 5.92 Å². The van der Waals surface area contributed by atoms with E-state index in [9.17, 15) is 19.2 Å². The fraction of sp³-hybridized carbons (Fsp3) is 0.571. The lowest BCUT2D eigenvalue weighted by atomic mass is 9.91. The van der Waals surface area contributed by atoms with Gasteiger partial charge >= 0.3 is 0 Å². The number of nitrogens with zero attached hydrogens (tertiary/aromatic N) is 4. The van der Waals surface area contributed by atoms with Gasteiger partial charge in [0.15, 0.2) is 0 Å². The Morgan fingerprint density at radius 2 is 1.59 bits per heavy atom. The number of rotatable bonds is 13. The molecule has 11 heteroatoms. The molecule has 2 heterocycles. The maximum atomic E-state index is 13.6. The Morgan fingerprint density at radius 3 is 2.22 bits per heavy atom. The molecule has 0 bridgehead atoms. The monoisotopic (exact) mass is 633 g/mol. The van der Waals surface area contributed by atoms with E-state index in [1.807, 2.05) is 43.1 Å². The molecule has 0 radical (unpaired) electrons. The number of hydrogen-bond acceptors (Lipinski definition) is 6. The summed E-state index contributed by atoms with van der Waals surface area (Å²) < 4.78 is 1.61. The Balaban J connectivity index is 1.40. The first kappa shape index (κ1) is 34.9. The lowest BCUT2D eigenvalue weighted by Crippen LogP contribution is -2.54. The van der Waals surface area contributed by atoms with Gasteiger partial charge in [-0.3, -0.25) is 23.9 Å². The number of nitrogens with one attached hydrogen (secondary N) is 3. The smallest absolute Gasteiger partial charge is 0.270 e. The molecule has 11 nitrogen and oxygen atoms in total. The molecule has 46 heavy (non-hydrogen) atoms. The van der Waals surface area contributed by atoms with E-state index < -0.39 is 12.1 Å². The highest BCUT2D eigenvalue weighted by molar-refractivity contribution is 5.96. The van der Waals surface area contributed by atoms with Crippen LogP contribution in [0.4, 0.5) is 0 Å². The Hall–Kier alpha value is -3.99. The Morgan fingerprint density at radius 1 is 0.935 bits per heavy atom. The second-order valence-corrected chi connectivity index (χ2v) is 12.9. The predicted octanol–water partition coefficient (Wildman–Crippen LogP) is 3.06. The lowest BCUT2D eigenvalue weighted by molar-refractivity contribution is -0.137. The highest BCUT2D eigenvalue weighted by Crippen LogP contribution is 2.26. The van der Waals surface area contributed by atoms with Crippen molar-refractivity contribution < 1.29 is 19.2 Å². The fourth-order valence-corrected chi connectivity index (χ4v) is 6.24. The molecule has 1 saturated carbocycles. The third-order valence-corrected chi connectivity index (χ3v) is 9.01.